The quantitative estimate of drug-likeness (QED) is 0.558. The van der Waals surface area contributed by atoms with Gasteiger partial charge in [0.25, 0.3) is 5.91 Å². The van der Waals surface area contributed by atoms with E-state index in [1.165, 1.54) is 16.4 Å². The van der Waals surface area contributed by atoms with E-state index in [0.29, 0.717) is 41.1 Å². The van der Waals surface area contributed by atoms with Crippen LogP contribution in [0.1, 0.15) is 10.6 Å². The standard InChI is InChI=1S/C23H21ClN2O6S/c24-18-4-2-1-3-17(18)19-7-8-21(32-19)23(27)25-9-11-26(12-10-25)33(28,29)16-5-6-20-22(15-16)31-14-13-30-20/h1-8,15H,9-14H2. The second-order valence-electron chi connectivity index (χ2n) is 7.65. The minimum Gasteiger partial charge on any atom is -0.486 e. The highest BCUT2D eigenvalue weighted by Gasteiger charge is 2.32. The predicted molar refractivity (Wildman–Crippen MR) is 121 cm³/mol. The smallest absolute Gasteiger partial charge is 0.289 e. The maximum atomic E-state index is 13.1. The van der Waals surface area contributed by atoms with Crippen molar-refractivity contribution in [2.24, 2.45) is 0 Å². The molecule has 0 unspecified atom stereocenters. The van der Waals surface area contributed by atoms with Crippen molar-refractivity contribution in [1.29, 1.82) is 0 Å². The van der Waals surface area contributed by atoms with Crippen molar-refractivity contribution in [1.82, 2.24) is 9.21 Å². The summed E-state index contributed by atoms with van der Waals surface area (Å²) in [4.78, 5) is 14.6. The minimum absolute atomic E-state index is 0.141. The number of hydrogen-bond donors (Lipinski definition) is 0. The molecule has 33 heavy (non-hydrogen) atoms. The molecule has 2 aliphatic heterocycles. The molecule has 0 bridgehead atoms. The first kappa shape index (κ1) is 21.8. The third-order valence-corrected chi connectivity index (χ3v) is 7.86. The van der Waals surface area contributed by atoms with Gasteiger partial charge in [0.2, 0.25) is 10.0 Å². The summed E-state index contributed by atoms with van der Waals surface area (Å²) in [5.74, 6) is 1.36. The largest absolute Gasteiger partial charge is 0.486 e. The number of piperazine rings is 1. The van der Waals surface area contributed by atoms with Crippen LogP contribution in [0.25, 0.3) is 11.3 Å². The number of halogens is 1. The van der Waals surface area contributed by atoms with Crippen LogP contribution >= 0.6 is 11.6 Å². The first-order valence-corrected chi connectivity index (χ1v) is 12.3. The van der Waals surface area contributed by atoms with Gasteiger partial charge in [0.15, 0.2) is 17.3 Å². The number of furan rings is 1. The van der Waals surface area contributed by atoms with E-state index >= 15 is 0 Å². The highest BCUT2D eigenvalue weighted by Crippen LogP contribution is 2.33. The summed E-state index contributed by atoms with van der Waals surface area (Å²) >= 11 is 6.21. The molecule has 1 saturated heterocycles. The molecule has 0 radical (unpaired) electrons. The van der Waals surface area contributed by atoms with Crippen molar-refractivity contribution in [3.63, 3.8) is 0 Å². The van der Waals surface area contributed by atoms with E-state index in [9.17, 15) is 13.2 Å². The fourth-order valence-electron chi connectivity index (χ4n) is 3.88. The van der Waals surface area contributed by atoms with E-state index in [0.717, 1.165) is 0 Å². The van der Waals surface area contributed by atoms with Crippen LogP contribution < -0.4 is 9.47 Å². The zero-order valence-corrected chi connectivity index (χ0v) is 19.1. The average Bonchev–Trinajstić information content (AvgIpc) is 3.33. The van der Waals surface area contributed by atoms with Gasteiger partial charge in [0, 0.05) is 37.8 Å². The number of benzene rings is 2. The molecule has 0 aliphatic carbocycles. The number of carbonyl (C=O) groups is 1. The summed E-state index contributed by atoms with van der Waals surface area (Å²) in [6.07, 6.45) is 0. The van der Waals surface area contributed by atoms with Crippen molar-refractivity contribution < 1.29 is 27.1 Å². The Morgan fingerprint density at radius 3 is 2.36 bits per heavy atom. The SMILES string of the molecule is O=C(c1ccc(-c2ccccc2Cl)o1)N1CCN(S(=O)(=O)c2ccc3c(c2)OCCO3)CC1. The van der Waals surface area contributed by atoms with Gasteiger partial charge in [0.1, 0.15) is 19.0 Å². The monoisotopic (exact) mass is 488 g/mol. The first-order valence-electron chi connectivity index (χ1n) is 10.5. The van der Waals surface area contributed by atoms with Crippen molar-refractivity contribution >= 4 is 27.5 Å². The van der Waals surface area contributed by atoms with Gasteiger partial charge in [-0.15, -0.1) is 0 Å². The third kappa shape index (κ3) is 4.19. The van der Waals surface area contributed by atoms with E-state index in [1.807, 2.05) is 18.2 Å². The van der Waals surface area contributed by atoms with Crippen LogP contribution in [0.3, 0.4) is 0 Å². The third-order valence-electron chi connectivity index (χ3n) is 5.63. The fourth-order valence-corrected chi connectivity index (χ4v) is 5.55. The Morgan fingerprint density at radius 1 is 0.879 bits per heavy atom. The van der Waals surface area contributed by atoms with Gasteiger partial charge >= 0.3 is 0 Å². The number of hydrogen-bond acceptors (Lipinski definition) is 6. The number of rotatable bonds is 4. The lowest BCUT2D eigenvalue weighted by molar-refractivity contribution is 0.0667. The van der Waals surface area contributed by atoms with Crippen molar-refractivity contribution in [3.05, 3.63) is 65.4 Å². The molecule has 2 aromatic carbocycles. The van der Waals surface area contributed by atoms with Crippen molar-refractivity contribution in [2.45, 2.75) is 4.90 Å². The summed E-state index contributed by atoms with van der Waals surface area (Å²) in [6.45, 7) is 1.68. The number of sulfonamides is 1. The zero-order valence-electron chi connectivity index (χ0n) is 17.6. The van der Waals surface area contributed by atoms with Gasteiger partial charge in [-0.25, -0.2) is 8.42 Å². The van der Waals surface area contributed by atoms with Gasteiger partial charge in [-0.1, -0.05) is 23.7 Å². The number of fused-ring (bicyclic) bond motifs is 1. The van der Waals surface area contributed by atoms with Crippen molar-refractivity contribution in [3.8, 4) is 22.8 Å². The molecule has 0 N–H and O–H groups in total. The fraction of sp³-hybridized carbons (Fsp3) is 0.261. The Balaban J connectivity index is 1.26. The molecule has 0 atom stereocenters. The Labute approximate surface area is 196 Å². The lowest BCUT2D eigenvalue weighted by Crippen LogP contribution is -2.50. The zero-order chi connectivity index (χ0) is 23.0. The summed E-state index contributed by atoms with van der Waals surface area (Å²) in [5.41, 5.74) is 0.702. The summed E-state index contributed by atoms with van der Waals surface area (Å²) in [7, 11) is -3.72. The molecule has 3 aromatic rings. The Hall–Kier alpha value is -3.01. The maximum absolute atomic E-state index is 13.1. The molecule has 8 nitrogen and oxygen atoms in total. The lowest BCUT2D eigenvalue weighted by Gasteiger charge is -2.33. The molecule has 10 heteroatoms. The molecular formula is C23H21ClN2O6S. The molecular weight excluding hydrogens is 468 g/mol. The van der Waals surface area contributed by atoms with Crippen LogP contribution in [-0.4, -0.2) is 62.9 Å². The van der Waals surface area contributed by atoms with E-state index < -0.39 is 10.0 Å². The first-order chi connectivity index (χ1) is 15.9. The second-order valence-corrected chi connectivity index (χ2v) is 9.99. The summed E-state index contributed by atoms with van der Waals surface area (Å²) in [6, 6.07) is 15.1. The van der Waals surface area contributed by atoms with Crippen molar-refractivity contribution in [2.75, 3.05) is 39.4 Å². The second kappa shape index (κ2) is 8.74. The van der Waals surface area contributed by atoms with E-state index in [4.69, 9.17) is 25.5 Å². The van der Waals surface area contributed by atoms with E-state index in [2.05, 4.69) is 0 Å². The molecule has 2 aliphatic rings. The maximum Gasteiger partial charge on any atom is 0.289 e. The van der Waals surface area contributed by atoms with Gasteiger partial charge in [-0.3, -0.25) is 4.79 Å². The molecule has 0 saturated carbocycles. The van der Waals surface area contributed by atoms with Gasteiger partial charge in [-0.05, 0) is 36.4 Å². The molecule has 1 amide bonds. The number of ether oxygens (including phenoxy) is 2. The van der Waals surface area contributed by atoms with Crippen LogP contribution in [0, 0.1) is 0 Å². The van der Waals surface area contributed by atoms with Crippen LogP contribution in [0.5, 0.6) is 11.5 Å². The minimum atomic E-state index is -3.72. The van der Waals surface area contributed by atoms with Gasteiger partial charge in [-0.2, -0.15) is 4.31 Å². The molecule has 1 fully saturated rings. The van der Waals surface area contributed by atoms with E-state index in [1.54, 1.807) is 29.2 Å². The normalized spacial score (nSPS) is 16.6. The Kier molecular flexibility index (Phi) is 5.77. The molecule has 172 valence electrons. The molecule has 1 aromatic heterocycles. The van der Waals surface area contributed by atoms with Crippen LogP contribution in [0.4, 0.5) is 0 Å². The average molecular weight is 489 g/mol. The van der Waals surface area contributed by atoms with Gasteiger partial charge in [0.05, 0.1) is 9.92 Å². The number of carbonyl (C=O) groups excluding carboxylic acids is 1. The molecule has 3 heterocycles. The number of amides is 1. The van der Waals surface area contributed by atoms with Crippen LogP contribution in [0.2, 0.25) is 5.02 Å². The lowest BCUT2D eigenvalue weighted by atomic mass is 10.2. The van der Waals surface area contributed by atoms with Crippen LogP contribution in [0.15, 0.2) is 63.9 Å². The summed E-state index contributed by atoms with van der Waals surface area (Å²) < 4.78 is 44.3. The summed E-state index contributed by atoms with van der Waals surface area (Å²) in [5, 5.41) is 0.531. The van der Waals surface area contributed by atoms with Gasteiger partial charge < -0.3 is 18.8 Å². The number of nitrogens with zero attached hydrogens (tertiary/aromatic N) is 2. The van der Waals surface area contributed by atoms with Crippen LogP contribution in [-0.2, 0) is 10.0 Å². The predicted octanol–water partition coefficient (Wildman–Crippen LogP) is 3.52. The Morgan fingerprint density at radius 2 is 1.61 bits per heavy atom. The van der Waals surface area contributed by atoms with E-state index in [-0.39, 0.29) is 42.7 Å². The highest BCUT2D eigenvalue weighted by atomic mass is 35.5. The highest BCUT2D eigenvalue weighted by molar-refractivity contribution is 7.89. The topological polar surface area (TPSA) is 89.3 Å². The molecule has 5 rings (SSSR count). The molecule has 0 spiro atoms. The Bertz CT molecular complexity index is 1300.